The number of anilines is 3. The summed E-state index contributed by atoms with van der Waals surface area (Å²) in [5.41, 5.74) is 6.79. The van der Waals surface area contributed by atoms with Gasteiger partial charge in [-0.15, -0.1) is 0 Å². The molecule has 186 valence electrons. The highest BCUT2D eigenvalue weighted by molar-refractivity contribution is 6.39. The minimum Gasteiger partial charge on any atom is -0.369 e. The third-order valence-corrected chi connectivity index (χ3v) is 7.98. The molecule has 11 heteroatoms. The first-order valence-electron chi connectivity index (χ1n) is 12.0. The van der Waals surface area contributed by atoms with E-state index in [0.29, 0.717) is 47.6 Å². The van der Waals surface area contributed by atoms with Gasteiger partial charge in [-0.25, -0.2) is 14.4 Å². The van der Waals surface area contributed by atoms with Crippen molar-refractivity contribution in [3.05, 3.63) is 34.2 Å². The van der Waals surface area contributed by atoms with Gasteiger partial charge >= 0.3 is 0 Å². The Morgan fingerprint density at radius 3 is 2.43 bits per heavy atom. The molecular formula is C24H28Cl2FN7O. The van der Waals surface area contributed by atoms with Gasteiger partial charge in [0, 0.05) is 17.5 Å². The number of fused-ring (bicyclic) bond motifs is 1. The molecule has 1 amide bonds. The molecule has 0 saturated heterocycles. The summed E-state index contributed by atoms with van der Waals surface area (Å²) in [4.78, 5) is 26.0. The molecule has 2 aliphatic carbocycles. The van der Waals surface area contributed by atoms with Crippen LogP contribution in [0.4, 0.5) is 22.0 Å². The average Bonchev–Trinajstić information content (AvgIpc) is 3.44. The SMILES string of the molecule is C[C@]1(C(N)=O)CC[C@H](n2c(Nc3c(Cl)cc(F)cc3Cl)nc3cnc(NC4CCCC4)nc32)CC1. The van der Waals surface area contributed by atoms with Gasteiger partial charge in [0.15, 0.2) is 5.65 Å². The van der Waals surface area contributed by atoms with Crippen LogP contribution in [0.2, 0.25) is 10.0 Å². The monoisotopic (exact) mass is 519 g/mol. The van der Waals surface area contributed by atoms with Crippen LogP contribution in [0.1, 0.15) is 64.3 Å². The normalized spacial score (nSPS) is 23.0. The summed E-state index contributed by atoms with van der Waals surface area (Å²) < 4.78 is 15.8. The van der Waals surface area contributed by atoms with Crippen LogP contribution in [0, 0.1) is 11.2 Å². The van der Waals surface area contributed by atoms with Crippen LogP contribution in [0.25, 0.3) is 11.2 Å². The molecular weight excluding hydrogens is 492 g/mol. The van der Waals surface area contributed by atoms with E-state index in [9.17, 15) is 9.18 Å². The van der Waals surface area contributed by atoms with Crippen molar-refractivity contribution < 1.29 is 9.18 Å². The highest BCUT2D eigenvalue weighted by Gasteiger charge is 2.37. The van der Waals surface area contributed by atoms with Gasteiger partial charge in [-0.05, 0) is 50.7 Å². The fourth-order valence-corrected chi connectivity index (χ4v) is 5.72. The Bertz CT molecular complexity index is 1240. The third-order valence-electron chi connectivity index (χ3n) is 7.38. The van der Waals surface area contributed by atoms with Crippen molar-refractivity contribution >= 4 is 57.9 Å². The van der Waals surface area contributed by atoms with Crippen molar-refractivity contribution in [1.82, 2.24) is 19.5 Å². The number of rotatable bonds is 6. The summed E-state index contributed by atoms with van der Waals surface area (Å²) in [6, 6.07) is 2.78. The predicted molar refractivity (Wildman–Crippen MR) is 136 cm³/mol. The predicted octanol–water partition coefficient (Wildman–Crippen LogP) is 5.98. The molecule has 2 fully saturated rings. The van der Waals surface area contributed by atoms with E-state index in [2.05, 4.69) is 15.6 Å². The van der Waals surface area contributed by atoms with Crippen molar-refractivity contribution in [3.8, 4) is 0 Å². The topological polar surface area (TPSA) is 111 Å². The number of aromatic nitrogens is 4. The molecule has 8 nitrogen and oxygen atoms in total. The van der Waals surface area contributed by atoms with E-state index >= 15 is 0 Å². The molecule has 0 radical (unpaired) electrons. The number of carbonyl (C=O) groups is 1. The number of primary amides is 1. The molecule has 0 bridgehead atoms. The number of nitrogens with one attached hydrogen (secondary N) is 2. The van der Waals surface area contributed by atoms with Crippen molar-refractivity contribution in [1.29, 1.82) is 0 Å². The zero-order chi connectivity index (χ0) is 24.7. The lowest BCUT2D eigenvalue weighted by Gasteiger charge is -2.35. The van der Waals surface area contributed by atoms with E-state index in [-0.39, 0.29) is 22.0 Å². The highest BCUT2D eigenvalue weighted by atomic mass is 35.5. The number of imidazole rings is 1. The maximum Gasteiger partial charge on any atom is 0.224 e. The maximum atomic E-state index is 13.8. The van der Waals surface area contributed by atoms with Crippen molar-refractivity contribution in [2.45, 2.75) is 70.4 Å². The van der Waals surface area contributed by atoms with E-state index in [4.69, 9.17) is 38.9 Å². The lowest BCUT2D eigenvalue weighted by atomic mass is 9.73. The summed E-state index contributed by atoms with van der Waals surface area (Å²) in [6.45, 7) is 1.92. The van der Waals surface area contributed by atoms with Gasteiger partial charge in [0.25, 0.3) is 0 Å². The van der Waals surface area contributed by atoms with Crippen LogP contribution in [0.3, 0.4) is 0 Å². The lowest BCUT2D eigenvalue weighted by molar-refractivity contribution is -0.128. The molecule has 4 N–H and O–H groups in total. The first kappa shape index (κ1) is 24.1. The van der Waals surface area contributed by atoms with Gasteiger partial charge < -0.3 is 16.4 Å². The fourth-order valence-electron chi connectivity index (χ4n) is 5.16. The van der Waals surface area contributed by atoms with Crippen molar-refractivity contribution in [3.63, 3.8) is 0 Å². The zero-order valence-electron chi connectivity index (χ0n) is 19.5. The Morgan fingerprint density at radius 1 is 1.14 bits per heavy atom. The highest BCUT2D eigenvalue weighted by Crippen LogP contribution is 2.43. The van der Waals surface area contributed by atoms with Crippen LogP contribution < -0.4 is 16.4 Å². The Kier molecular flexibility index (Phi) is 6.48. The average molecular weight is 520 g/mol. The number of nitrogens with two attached hydrogens (primary N) is 1. The summed E-state index contributed by atoms with van der Waals surface area (Å²) in [6.07, 6.45) is 9.06. The van der Waals surface area contributed by atoms with E-state index in [1.165, 1.54) is 25.0 Å². The molecule has 1 aromatic carbocycles. The smallest absolute Gasteiger partial charge is 0.224 e. The van der Waals surface area contributed by atoms with Gasteiger partial charge in [0.1, 0.15) is 11.3 Å². The molecule has 2 heterocycles. The molecule has 0 aliphatic heterocycles. The quantitative estimate of drug-likeness (QED) is 0.369. The Labute approximate surface area is 212 Å². The maximum absolute atomic E-state index is 13.8. The van der Waals surface area contributed by atoms with Gasteiger partial charge in [0.05, 0.1) is 21.9 Å². The first-order chi connectivity index (χ1) is 16.7. The number of nitrogens with zero attached hydrogens (tertiary/aromatic N) is 4. The third kappa shape index (κ3) is 4.76. The minimum atomic E-state index is -0.534. The van der Waals surface area contributed by atoms with Crippen molar-refractivity contribution in [2.24, 2.45) is 11.1 Å². The molecule has 5 rings (SSSR count). The standard InChI is InChI=1S/C24H28Cl2FN7O/c1-24(21(28)35)8-6-15(7-9-24)34-20-18(12-29-22(33-20)30-14-4-2-3-5-14)31-23(34)32-19-16(25)10-13(27)11-17(19)26/h10-12,14-15H,2-9H2,1H3,(H2,28,35)(H,31,32)(H,29,30,33)/t15-,24-. The lowest BCUT2D eigenvalue weighted by Crippen LogP contribution is -2.38. The van der Waals surface area contributed by atoms with Gasteiger partial charge in [-0.3, -0.25) is 9.36 Å². The number of benzene rings is 1. The number of amides is 1. The zero-order valence-corrected chi connectivity index (χ0v) is 21.0. The largest absolute Gasteiger partial charge is 0.369 e. The molecule has 2 aromatic heterocycles. The molecule has 2 saturated carbocycles. The molecule has 0 spiro atoms. The van der Waals surface area contributed by atoms with E-state index < -0.39 is 11.2 Å². The van der Waals surface area contributed by atoms with Gasteiger partial charge in [-0.1, -0.05) is 43.0 Å². The minimum absolute atomic E-state index is 0.0159. The van der Waals surface area contributed by atoms with Gasteiger partial charge in [-0.2, -0.15) is 4.98 Å². The molecule has 3 aromatic rings. The van der Waals surface area contributed by atoms with E-state index in [1.54, 1.807) is 6.20 Å². The summed E-state index contributed by atoms with van der Waals surface area (Å²) >= 11 is 12.6. The van der Waals surface area contributed by atoms with E-state index in [0.717, 1.165) is 25.7 Å². The van der Waals surface area contributed by atoms with Crippen LogP contribution in [-0.4, -0.2) is 31.5 Å². The second-order valence-corrected chi connectivity index (χ2v) is 10.7. The number of hydrogen-bond donors (Lipinski definition) is 3. The summed E-state index contributed by atoms with van der Waals surface area (Å²) in [5.74, 6) is 0.244. The molecule has 2 aliphatic rings. The van der Waals surface area contributed by atoms with Crippen LogP contribution in [-0.2, 0) is 4.79 Å². The fraction of sp³-hybridized carbons (Fsp3) is 0.500. The van der Waals surface area contributed by atoms with Crippen LogP contribution in [0.15, 0.2) is 18.3 Å². The summed E-state index contributed by atoms with van der Waals surface area (Å²) in [5, 5.41) is 6.94. The molecule has 35 heavy (non-hydrogen) atoms. The molecule has 0 atom stereocenters. The molecule has 0 unspecified atom stereocenters. The number of hydrogen-bond acceptors (Lipinski definition) is 6. The Morgan fingerprint density at radius 2 is 1.80 bits per heavy atom. The first-order valence-corrected chi connectivity index (χ1v) is 12.7. The second-order valence-electron chi connectivity index (χ2n) is 9.86. The van der Waals surface area contributed by atoms with Crippen LogP contribution in [0.5, 0.6) is 0 Å². The second kappa shape index (κ2) is 9.43. The summed E-state index contributed by atoms with van der Waals surface area (Å²) in [7, 11) is 0. The Hall–Kier alpha value is -2.65. The Balaban J connectivity index is 1.54. The van der Waals surface area contributed by atoms with Crippen LogP contribution >= 0.6 is 23.2 Å². The van der Waals surface area contributed by atoms with Gasteiger partial charge in [0.2, 0.25) is 17.8 Å². The van der Waals surface area contributed by atoms with E-state index in [1.807, 2.05) is 11.5 Å². The number of carbonyl (C=O) groups excluding carboxylic acids is 1. The van der Waals surface area contributed by atoms with Crippen molar-refractivity contribution in [2.75, 3.05) is 10.6 Å². The number of halogens is 3.